The summed E-state index contributed by atoms with van der Waals surface area (Å²) in [6.45, 7) is 2.54. The summed E-state index contributed by atoms with van der Waals surface area (Å²) in [6.07, 6.45) is 2.10. The summed E-state index contributed by atoms with van der Waals surface area (Å²) in [7, 11) is 0. The lowest BCUT2D eigenvalue weighted by molar-refractivity contribution is 0.301. The predicted molar refractivity (Wildman–Crippen MR) is 72.9 cm³/mol. The first-order valence-corrected chi connectivity index (χ1v) is 7.02. The molecule has 0 bridgehead atoms. The summed E-state index contributed by atoms with van der Waals surface area (Å²) in [5, 5.41) is 3.12. The number of thiazole rings is 1. The summed E-state index contributed by atoms with van der Waals surface area (Å²) >= 11 is 1.65. The van der Waals surface area contributed by atoms with Crippen molar-refractivity contribution < 1.29 is 4.74 Å². The third-order valence-corrected chi connectivity index (χ3v) is 4.11. The lowest BCUT2D eigenvalue weighted by atomic mass is 10.1. The molecule has 1 aliphatic rings. The summed E-state index contributed by atoms with van der Waals surface area (Å²) in [5.41, 5.74) is 9.61. The van der Waals surface area contributed by atoms with Crippen molar-refractivity contribution in [3.8, 4) is 5.75 Å². The van der Waals surface area contributed by atoms with Gasteiger partial charge in [0.1, 0.15) is 12.4 Å². The second-order valence-electron chi connectivity index (χ2n) is 4.65. The third kappa shape index (κ3) is 2.26. The fraction of sp³-hybridized carbons (Fsp3) is 0.357. The van der Waals surface area contributed by atoms with Crippen molar-refractivity contribution in [2.24, 2.45) is 5.73 Å². The van der Waals surface area contributed by atoms with E-state index in [9.17, 15) is 0 Å². The van der Waals surface area contributed by atoms with Gasteiger partial charge in [-0.05, 0) is 43.0 Å². The highest BCUT2D eigenvalue weighted by Gasteiger charge is 2.19. The molecule has 94 valence electrons. The van der Waals surface area contributed by atoms with Gasteiger partial charge in [0, 0.05) is 11.4 Å². The van der Waals surface area contributed by atoms with Crippen molar-refractivity contribution in [3.63, 3.8) is 0 Å². The minimum absolute atomic E-state index is 0.204. The largest absolute Gasteiger partial charge is 0.487 e. The van der Waals surface area contributed by atoms with Crippen LogP contribution in [-0.4, -0.2) is 4.98 Å². The van der Waals surface area contributed by atoms with Crippen molar-refractivity contribution in [2.45, 2.75) is 32.4 Å². The molecule has 1 aliphatic carbocycles. The van der Waals surface area contributed by atoms with E-state index in [4.69, 9.17) is 10.5 Å². The minimum Gasteiger partial charge on any atom is -0.487 e. The third-order valence-electron chi connectivity index (χ3n) is 3.29. The van der Waals surface area contributed by atoms with Crippen LogP contribution in [0.15, 0.2) is 23.6 Å². The summed E-state index contributed by atoms with van der Waals surface area (Å²) in [6, 6.07) is 6.41. The van der Waals surface area contributed by atoms with Gasteiger partial charge in [-0.2, -0.15) is 0 Å². The topological polar surface area (TPSA) is 48.1 Å². The van der Waals surface area contributed by atoms with E-state index in [1.54, 1.807) is 11.3 Å². The number of fused-ring (bicyclic) bond motifs is 1. The zero-order valence-electron chi connectivity index (χ0n) is 10.3. The maximum absolute atomic E-state index is 6.01. The molecule has 0 radical (unpaired) electrons. The molecule has 18 heavy (non-hydrogen) atoms. The molecule has 3 rings (SSSR count). The molecular weight excluding hydrogens is 244 g/mol. The molecule has 0 saturated carbocycles. The van der Waals surface area contributed by atoms with E-state index in [0.717, 1.165) is 29.3 Å². The van der Waals surface area contributed by atoms with Crippen LogP contribution in [0.25, 0.3) is 0 Å². The Hall–Kier alpha value is -1.39. The monoisotopic (exact) mass is 260 g/mol. The quantitative estimate of drug-likeness (QED) is 0.923. The summed E-state index contributed by atoms with van der Waals surface area (Å²) in [5.74, 6) is 0.911. The fourth-order valence-corrected chi connectivity index (χ4v) is 2.95. The van der Waals surface area contributed by atoms with E-state index in [1.807, 2.05) is 18.4 Å². The molecule has 3 nitrogen and oxygen atoms in total. The average Bonchev–Trinajstić information content (AvgIpc) is 2.94. The number of nitrogens with zero attached hydrogens (tertiary/aromatic N) is 1. The first-order chi connectivity index (χ1) is 8.72. The normalized spacial score (nSPS) is 17.8. The van der Waals surface area contributed by atoms with Crippen LogP contribution < -0.4 is 10.5 Å². The molecule has 1 unspecified atom stereocenters. The first kappa shape index (κ1) is 11.7. The number of hydrogen-bond donors (Lipinski definition) is 1. The summed E-state index contributed by atoms with van der Waals surface area (Å²) < 4.78 is 5.77. The van der Waals surface area contributed by atoms with Gasteiger partial charge in [0.05, 0.1) is 10.7 Å². The van der Waals surface area contributed by atoms with Gasteiger partial charge in [-0.1, -0.05) is 6.07 Å². The molecule has 1 atom stereocenters. The summed E-state index contributed by atoms with van der Waals surface area (Å²) in [4.78, 5) is 4.38. The highest BCUT2D eigenvalue weighted by molar-refractivity contribution is 7.09. The van der Waals surface area contributed by atoms with Crippen molar-refractivity contribution >= 4 is 11.3 Å². The Morgan fingerprint density at radius 2 is 2.39 bits per heavy atom. The maximum atomic E-state index is 6.01. The van der Waals surface area contributed by atoms with Crippen molar-refractivity contribution in [1.82, 2.24) is 4.98 Å². The molecule has 1 aromatic carbocycles. The van der Waals surface area contributed by atoms with Gasteiger partial charge >= 0.3 is 0 Å². The zero-order valence-corrected chi connectivity index (χ0v) is 11.2. The van der Waals surface area contributed by atoms with Crippen LogP contribution in [-0.2, 0) is 13.0 Å². The second-order valence-corrected chi connectivity index (χ2v) is 5.71. The standard InChI is InChI=1S/C14H16N2OS/c1-9-16-11(8-18-9)7-17-12-3-4-13-10(6-12)2-5-14(13)15/h3-4,6,8,14H,2,5,7,15H2,1H3. The number of aryl methyl sites for hydroxylation is 2. The Kier molecular flexibility index (Phi) is 3.06. The van der Waals surface area contributed by atoms with Gasteiger partial charge in [-0.3, -0.25) is 0 Å². The van der Waals surface area contributed by atoms with Crippen LogP contribution in [0, 0.1) is 6.92 Å². The predicted octanol–water partition coefficient (Wildman–Crippen LogP) is 2.98. The van der Waals surface area contributed by atoms with Crippen LogP contribution >= 0.6 is 11.3 Å². The molecule has 0 fully saturated rings. The number of benzene rings is 1. The van der Waals surface area contributed by atoms with E-state index >= 15 is 0 Å². The van der Waals surface area contributed by atoms with Crippen LogP contribution in [0.5, 0.6) is 5.75 Å². The molecule has 1 aromatic heterocycles. The molecule has 2 aromatic rings. The lowest BCUT2D eigenvalue weighted by Crippen LogP contribution is -2.05. The molecular formula is C14H16N2OS. The zero-order chi connectivity index (χ0) is 12.5. The Morgan fingerprint density at radius 3 is 3.17 bits per heavy atom. The fourth-order valence-electron chi connectivity index (χ4n) is 2.35. The Bertz CT molecular complexity index is 565. The van der Waals surface area contributed by atoms with E-state index < -0.39 is 0 Å². The SMILES string of the molecule is Cc1nc(COc2ccc3c(c2)CCC3N)cs1. The van der Waals surface area contributed by atoms with Crippen LogP contribution in [0.3, 0.4) is 0 Å². The van der Waals surface area contributed by atoms with E-state index in [1.165, 1.54) is 11.1 Å². The first-order valence-electron chi connectivity index (χ1n) is 6.14. The molecule has 0 saturated heterocycles. The minimum atomic E-state index is 0.204. The van der Waals surface area contributed by atoms with Gasteiger partial charge in [0.25, 0.3) is 0 Å². The maximum Gasteiger partial charge on any atom is 0.131 e. The number of rotatable bonds is 3. The Morgan fingerprint density at radius 1 is 1.50 bits per heavy atom. The van der Waals surface area contributed by atoms with E-state index in [-0.39, 0.29) is 6.04 Å². The average molecular weight is 260 g/mol. The molecule has 0 aliphatic heterocycles. The number of hydrogen-bond acceptors (Lipinski definition) is 4. The molecule has 0 spiro atoms. The van der Waals surface area contributed by atoms with Crippen LogP contribution in [0.1, 0.15) is 34.3 Å². The van der Waals surface area contributed by atoms with Gasteiger partial charge in [0.2, 0.25) is 0 Å². The Balaban J connectivity index is 1.70. The molecule has 1 heterocycles. The van der Waals surface area contributed by atoms with Crippen molar-refractivity contribution in [1.29, 1.82) is 0 Å². The number of nitrogens with two attached hydrogens (primary N) is 1. The number of ether oxygens (including phenoxy) is 1. The number of aromatic nitrogens is 1. The highest BCUT2D eigenvalue weighted by atomic mass is 32.1. The molecule has 2 N–H and O–H groups in total. The van der Waals surface area contributed by atoms with E-state index in [0.29, 0.717) is 6.61 Å². The van der Waals surface area contributed by atoms with Crippen molar-refractivity contribution in [2.75, 3.05) is 0 Å². The molecule has 0 amide bonds. The van der Waals surface area contributed by atoms with Gasteiger partial charge in [-0.15, -0.1) is 11.3 Å². The highest BCUT2D eigenvalue weighted by Crippen LogP contribution is 2.32. The lowest BCUT2D eigenvalue weighted by Gasteiger charge is -2.08. The second kappa shape index (κ2) is 4.71. The van der Waals surface area contributed by atoms with Crippen LogP contribution in [0.2, 0.25) is 0 Å². The smallest absolute Gasteiger partial charge is 0.131 e. The van der Waals surface area contributed by atoms with Gasteiger partial charge in [-0.25, -0.2) is 4.98 Å². The van der Waals surface area contributed by atoms with Gasteiger partial charge in [0.15, 0.2) is 0 Å². The van der Waals surface area contributed by atoms with Gasteiger partial charge < -0.3 is 10.5 Å². The molecule has 4 heteroatoms. The Labute approximate surface area is 111 Å². The van der Waals surface area contributed by atoms with E-state index in [2.05, 4.69) is 17.1 Å². The van der Waals surface area contributed by atoms with Crippen LogP contribution in [0.4, 0.5) is 0 Å². The van der Waals surface area contributed by atoms with Crippen molar-refractivity contribution in [3.05, 3.63) is 45.4 Å².